The summed E-state index contributed by atoms with van der Waals surface area (Å²) in [4.78, 5) is 11.2. The number of carbonyl (C=O) groups is 1. The maximum atomic E-state index is 11.2. The van der Waals surface area contributed by atoms with Gasteiger partial charge in [0.05, 0.1) is 6.61 Å². The Morgan fingerprint density at radius 1 is 1.64 bits per heavy atom. The van der Waals surface area contributed by atoms with Gasteiger partial charge in [0, 0.05) is 11.5 Å². The Hall–Kier alpha value is -0.260. The molecule has 5 heteroatoms. The molecule has 0 spiro atoms. The lowest BCUT2D eigenvalue weighted by atomic mass is 9.96. The Labute approximate surface area is 88.1 Å². The molecule has 14 heavy (non-hydrogen) atoms. The minimum absolute atomic E-state index is 0.106. The fourth-order valence-corrected chi connectivity index (χ4v) is 2.71. The van der Waals surface area contributed by atoms with E-state index in [4.69, 9.17) is 5.11 Å². The lowest BCUT2D eigenvalue weighted by Gasteiger charge is -2.28. The Morgan fingerprint density at radius 2 is 2.29 bits per heavy atom. The Kier molecular flexibility index (Phi) is 4.22. The SMILES string of the molecule is CNC(CSCCO)(C(=O)O)C1CC1. The van der Waals surface area contributed by atoms with Gasteiger partial charge in [-0.25, -0.2) is 0 Å². The van der Waals surface area contributed by atoms with Gasteiger partial charge in [-0.15, -0.1) is 0 Å². The molecule has 0 aromatic carbocycles. The number of aliphatic carboxylic acids is 1. The molecule has 82 valence electrons. The van der Waals surface area contributed by atoms with Gasteiger partial charge in [0.25, 0.3) is 0 Å². The summed E-state index contributed by atoms with van der Waals surface area (Å²) in [5, 5.41) is 20.8. The van der Waals surface area contributed by atoms with E-state index in [1.807, 2.05) is 0 Å². The summed E-state index contributed by atoms with van der Waals surface area (Å²) < 4.78 is 0. The van der Waals surface area contributed by atoms with Crippen molar-refractivity contribution >= 4 is 17.7 Å². The van der Waals surface area contributed by atoms with Crippen LogP contribution in [0.15, 0.2) is 0 Å². The number of rotatable bonds is 7. The Balaban J connectivity index is 2.54. The van der Waals surface area contributed by atoms with Gasteiger partial charge in [-0.1, -0.05) is 0 Å². The van der Waals surface area contributed by atoms with E-state index in [0.29, 0.717) is 11.5 Å². The van der Waals surface area contributed by atoms with Crippen LogP contribution >= 0.6 is 11.8 Å². The first kappa shape index (κ1) is 11.8. The van der Waals surface area contributed by atoms with E-state index in [1.54, 1.807) is 7.05 Å². The van der Waals surface area contributed by atoms with Gasteiger partial charge in [0.15, 0.2) is 0 Å². The zero-order chi connectivity index (χ0) is 10.6. The van der Waals surface area contributed by atoms with Crippen molar-refractivity contribution in [1.82, 2.24) is 5.32 Å². The number of carboxylic acids is 1. The highest BCUT2D eigenvalue weighted by atomic mass is 32.2. The molecular weight excluding hydrogens is 202 g/mol. The van der Waals surface area contributed by atoms with Crippen LogP contribution in [0, 0.1) is 5.92 Å². The number of hydrogen-bond donors (Lipinski definition) is 3. The second-order valence-corrected chi connectivity index (χ2v) is 4.68. The van der Waals surface area contributed by atoms with Crippen LogP contribution in [0.1, 0.15) is 12.8 Å². The van der Waals surface area contributed by atoms with Gasteiger partial charge in [0.1, 0.15) is 5.54 Å². The van der Waals surface area contributed by atoms with E-state index < -0.39 is 11.5 Å². The van der Waals surface area contributed by atoms with Gasteiger partial charge in [-0.3, -0.25) is 4.79 Å². The normalized spacial score (nSPS) is 20.4. The van der Waals surface area contributed by atoms with Crippen LogP contribution in [0.3, 0.4) is 0 Å². The molecule has 0 bridgehead atoms. The van der Waals surface area contributed by atoms with Crippen LogP contribution < -0.4 is 5.32 Å². The van der Waals surface area contributed by atoms with Gasteiger partial charge in [0.2, 0.25) is 0 Å². The van der Waals surface area contributed by atoms with Gasteiger partial charge < -0.3 is 15.5 Å². The molecule has 0 saturated heterocycles. The number of aliphatic hydroxyl groups is 1. The predicted molar refractivity (Wildman–Crippen MR) is 56.6 cm³/mol. The maximum absolute atomic E-state index is 11.2. The van der Waals surface area contributed by atoms with E-state index in [2.05, 4.69) is 5.32 Å². The fourth-order valence-electron chi connectivity index (χ4n) is 1.61. The number of nitrogens with one attached hydrogen (secondary N) is 1. The predicted octanol–water partition coefficient (Wildman–Crippen LogP) is 0.165. The van der Waals surface area contributed by atoms with Crippen LogP contribution in [0.2, 0.25) is 0 Å². The van der Waals surface area contributed by atoms with Crippen molar-refractivity contribution in [2.45, 2.75) is 18.4 Å². The van der Waals surface area contributed by atoms with Crippen molar-refractivity contribution < 1.29 is 15.0 Å². The Bertz CT molecular complexity index is 208. The standard InChI is InChI=1S/C9H17NO3S/c1-10-9(8(12)13,7-2-3-7)6-14-5-4-11/h7,10-11H,2-6H2,1H3,(H,12,13). The third-order valence-electron chi connectivity index (χ3n) is 2.67. The molecular formula is C9H17NO3S. The largest absolute Gasteiger partial charge is 0.480 e. The Morgan fingerprint density at radius 3 is 2.64 bits per heavy atom. The summed E-state index contributed by atoms with van der Waals surface area (Å²) in [7, 11) is 1.70. The lowest BCUT2D eigenvalue weighted by molar-refractivity contribution is -0.144. The molecule has 1 saturated carbocycles. The van der Waals surface area contributed by atoms with Crippen LogP contribution in [-0.4, -0.2) is 46.9 Å². The third-order valence-corrected chi connectivity index (χ3v) is 3.80. The summed E-state index contributed by atoms with van der Waals surface area (Å²) in [6.07, 6.45) is 1.99. The molecule has 4 nitrogen and oxygen atoms in total. The molecule has 1 rings (SSSR count). The maximum Gasteiger partial charge on any atom is 0.325 e. The van der Waals surface area contributed by atoms with Crippen molar-refractivity contribution in [1.29, 1.82) is 0 Å². The molecule has 1 unspecified atom stereocenters. The zero-order valence-electron chi connectivity index (χ0n) is 8.32. The van der Waals surface area contributed by atoms with E-state index >= 15 is 0 Å². The van der Waals surface area contributed by atoms with Crippen molar-refractivity contribution in [3.63, 3.8) is 0 Å². The first-order valence-corrected chi connectivity index (χ1v) is 5.93. The fraction of sp³-hybridized carbons (Fsp3) is 0.889. The third kappa shape index (κ3) is 2.40. The van der Waals surface area contributed by atoms with Crippen molar-refractivity contribution in [3.8, 4) is 0 Å². The van der Waals surface area contributed by atoms with Crippen LogP contribution in [-0.2, 0) is 4.79 Å². The number of thioether (sulfide) groups is 1. The molecule has 1 atom stereocenters. The summed E-state index contributed by atoms with van der Waals surface area (Å²) >= 11 is 1.49. The van der Waals surface area contributed by atoms with E-state index in [9.17, 15) is 9.90 Å². The topological polar surface area (TPSA) is 69.6 Å². The molecule has 1 aliphatic carbocycles. The molecule has 1 fully saturated rings. The molecule has 0 aromatic heterocycles. The van der Waals surface area contributed by atoms with E-state index in [-0.39, 0.29) is 12.5 Å². The quantitative estimate of drug-likeness (QED) is 0.532. The van der Waals surface area contributed by atoms with Gasteiger partial charge >= 0.3 is 5.97 Å². The molecule has 0 heterocycles. The highest BCUT2D eigenvalue weighted by molar-refractivity contribution is 7.99. The highest BCUT2D eigenvalue weighted by Gasteiger charge is 2.49. The van der Waals surface area contributed by atoms with E-state index in [1.165, 1.54) is 11.8 Å². The molecule has 1 aliphatic rings. The molecule has 0 amide bonds. The highest BCUT2D eigenvalue weighted by Crippen LogP contribution is 2.41. The first-order chi connectivity index (χ1) is 6.67. The lowest BCUT2D eigenvalue weighted by Crippen LogP contribution is -2.54. The molecule has 0 aliphatic heterocycles. The van der Waals surface area contributed by atoms with Gasteiger partial charge in [-0.2, -0.15) is 11.8 Å². The summed E-state index contributed by atoms with van der Waals surface area (Å²) in [6.45, 7) is 0.106. The molecule has 0 radical (unpaired) electrons. The molecule has 3 N–H and O–H groups in total. The van der Waals surface area contributed by atoms with Crippen molar-refractivity contribution in [2.24, 2.45) is 5.92 Å². The number of hydrogen-bond acceptors (Lipinski definition) is 4. The number of carboxylic acid groups (broad SMARTS) is 1. The monoisotopic (exact) mass is 219 g/mol. The van der Waals surface area contributed by atoms with Crippen molar-refractivity contribution in [3.05, 3.63) is 0 Å². The average Bonchev–Trinajstić information content (AvgIpc) is 2.96. The second kappa shape index (κ2) is 5.00. The molecule has 0 aromatic rings. The summed E-state index contributed by atoms with van der Waals surface area (Å²) in [5.74, 6) is 0.622. The van der Waals surface area contributed by atoms with Crippen molar-refractivity contribution in [2.75, 3.05) is 25.2 Å². The summed E-state index contributed by atoms with van der Waals surface area (Å²) in [6, 6.07) is 0. The number of likely N-dealkylation sites (N-methyl/N-ethyl adjacent to an activating group) is 1. The van der Waals surface area contributed by atoms with Crippen LogP contribution in [0.25, 0.3) is 0 Å². The summed E-state index contributed by atoms with van der Waals surface area (Å²) in [5.41, 5.74) is -0.778. The number of aliphatic hydroxyl groups excluding tert-OH is 1. The van der Waals surface area contributed by atoms with Gasteiger partial charge in [-0.05, 0) is 25.8 Å². The van der Waals surface area contributed by atoms with Crippen LogP contribution in [0.4, 0.5) is 0 Å². The average molecular weight is 219 g/mol. The minimum Gasteiger partial charge on any atom is -0.480 e. The van der Waals surface area contributed by atoms with Crippen LogP contribution in [0.5, 0.6) is 0 Å². The smallest absolute Gasteiger partial charge is 0.325 e. The minimum atomic E-state index is -0.778. The van der Waals surface area contributed by atoms with E-state index in [0.717, 1.165) is 12.8 Å². The zero-order valence-corrected chi connectivity index (χ0v) is 9.14. The first-order valence-electron chi connectivity index (χ1n) is 4.78. The second-order valence-electron chi connectivity index (χ2n) is 3.58.